The van der Waals surface area contributed by atoms with Crippen LogP contribution in [-0.4, -0.2) is 125 Å². The number of aliphatic hydroxyl groups is 2. The monoisotopic (exact) mass is 695 g/mol. The van der Waals surface area contributed by atoms with Crippen LogP contribution in [0.15, 0.2) is 72.8 Å². The Balaban J connectivity index is 1.23. The largest absolute Gasteiger partial charge is 0.491 e. The Morgan fingerprint density at radius 2 is 0.660 bits per heavy atom. The summed E-state index contributed by atoms with van der Waals surface area (Å²) in [7, 11) is 3.43. The van der Waals surface area contributed by atoms with Gasteiger partial charge in [0.05, 0.1) is 79.3 Å². The van der Waals surface area contributed by atoms with E-state index in [1.807, 2.05) is 48.5 Å². The zero-order valence-corrected chi connectivity index (χ0v) is 29.7. The third-order valence-corrected chi connectivity index (χ3v) is 7.00. The van der Waals surface area contributed by atoms with E-state index in [1.165, 1.54) is 0 Å². The molecule has 1 N–H and O–H groups in total. The summed E-state index contributed by atoms with van der Waals surface area (Å²) >= 11 is 0. The molecule has 0 heterocycles. The smallest absolute Gasteiger partial charge is 0.168 e. The molecule has 0 amide bonds. The van der Waals surface area contributed by atoms with E-state index in [2.05, 4.69) is 53.3 Å². The van der Waals surface area contributed by atoms with Gasteiger partial charge in [0.15, 0.2) is 6.61 Å². The van der Waals surface area contributed by atoms with Gasteiger partial charge in [-0.2, -0.15) is 0 Å². The second-order valence-electron chi connectivity index (χ2n) is 10.9. The fourth-order valence-electron chi connectivity index (χ4n) is 4.27. The Kier molecular flexibility index (Phi) is 23.0. The summed E-state index contributed by atoms with van der Waals surface area (Å²) in [6.45, 7) is 8.88. The lowest BCUT2D eigenvalue weighted by atomic mass is 10.1. The van der Waals surface area contributed by atoms with E-state index in [0.29, 0.717) is 99.1 Å². The minimum absolute atomic E-state index is 0.484. The van der Waals surface area contributed by atoms with Gasteiger partial charge in [0.1, 0.15) is 38.4 Å². The van der Waals surface area contributed by atoms with Crippen molar-refractivity contribution >= 4 is 24.3 Å². The Labute approximate surface area is 297 Å². The van der Waals surface area contributed by atoms with Crippen LogP contribution in [0.2, 0.25) is 0 Å². The number of rotatable bonds is 30. The molecule has 50 heavy (non-hydrogen) atoms. The molecule has 0 saturated carbocycles. The molecular formula is C40H55O10+. The minimum Gasteiger partial charge on any atom is -0.491 e. The van der Waals surface area contributed by atoms with Crippen LogP contribution < -0.4 is 9.47 Å². The average Bonchev–Trinajstić information content (AvgIpc) is 3.15. The number of ether oxygens (including phenoxy) is 10. The van der Waals surface area contributed by atoms with Crippen LogP contribution in [0.5, 0.6) is 11.5 Å². The maximum Gasteiger partial charge on any atom is 0.168 e. The number of benzene rings is 3. The van der Waals surface area contributed by atoms with Gasteiger partial charge in [-0.1, -0.05) is 72.8 Å². The number of hydrogen-bond donors (Lipinski definition) is 0. The molecular weight excluding hydrogens is 640 g/mol. The molecule has 0 aromatic heterocycles. The zero-order chi connectivity index (χ0) is 35.2. The SMILES string of the molecule is COCCOCCOCCOCCOc1ccc(/C=C/c2ccc(/C=C/c3ccc(OCCOCCOCCOCC[OH+]C)cc3)cc2)cc1. The van der Waals surface area contributed by atoms with Crippen LogP contribution in [0.1, 0.15) is 22.3 Å². The van der Waals surface area contributed by atoms with Gasteiger partial charge in [-0.15, -0.1) is 0 Å². The van der Waals surface area contributed by atoms with E-state index in [4.69, 9.17) is 42.6 Å². The van der Waals surface area contributed by atoms with E-state index in [0.717, 1.165) is 40.4 Å². The summed E-state index contributed by atoms with van der Waals surface area (Å²) in [5, 5.41) is 0. The van der Waals surface area contributed by atoms with Gasteiger partial charge in [-0.25, -0.2) is 0 Å². The summed E-state index contributed by atoms with van der Waals surface area (Å²) in [6.07, 6.45) is 8.39. The Morgan fingerprint density at radius 1 is 0.380 bits per heavy atom. The van der Waals surface area contributed by atoms with Crippen molar-refractivity contribution in [1.29, 1.82) is 0 Å². The first-order valence-electron chi connectivity index (χ1n) is 17.2. The summed E-state index contributed by atoms with van der Waals surface area (Å²) in [5.41, 5.74) is 4.46. The first-order chi connectivity index (χ1) is 24.8. The highest BCUT2D eigenvalue weighted by Crippen LogP contribution is 2.17. The quantitative estimate of drug-likeness (QED) is 0.0496. The highest BCUT2D eigenvalue weighted by molar-refractivity contribution is 5.73. The van der Waals surface area contributed by atoms with E-state index in [9.17, 15) is 0 Å². The molecule has 0 unspecified atom stereocenters. The van der Waals surface area contributed by atoms with Gasteiger partial charge < -0.3 is 47.4 Å². The molecule has 0 fully saturated rings. The average molecular weight is 696 g/mol. The van der Waals surface area contributed by atoms with Crippen molar-refractivity contribution in [3.8, 4) is 11.5 Å². The van der Waals surface area contributed by atoms with Crippen LogP contribution in [0, 0.1) is 0 Å². The first-order valence-corrected chi connectivity index (χ1v) is 17.2. The van der Waals surface area contributed by atoms with Crippen molar-refractivity contribution in [3.63, 3.8) is 0 Å². The van der Waals surface area contributed by atoms with Gasteiger partial charge in [-0.05, 0) is 46.5 Å². The molecule has 274 valence electrons. The van der Waals surface area contributed by atoms with Crippen molar-refractivity contribution < 1.29 is 47.4 Å². The predicted molar refractivity (Wildman–Crippen MR) is 198 cm³/mol. The zero-order valence-electron chi connectivity index (χ0n) is 29.7. The topological polar surface area (TPSA) is 95.9 Å². The summed E-state index contributed by atoms with van der Waals surface area (Å²) in [6, 6.07) is 24.5. The van der Waals surface area contributed by atoms with Gasteiger partial charge >= 0.3 is 0 Å². The highest BCUT2D eigenvalue weighted by atomic mass is 16.6. The Hall–Kier alpha value is -3.58. The predicted octanol–water partition coefficient (Wildman–Crippen LogP) is 5.69. The second kappa shape index (κ2) is 28.2. The standard InChI is InChI=1S/C40H54O10/c1-41-19-21-43-23-25-45-27-29-47-31-33-49-39-15-11-37(12-16-39)9-7-35-3-5-36(6-4-35)8-10-38-13-17-40(18-14-38)50-34-32-48-30-28-46-26-24-44-22-20-42-2/h3-18H,19-34H2,1-2H3/p+1/b9-7+,10-8+. The lowest BCUT2D eigenvalue weighted by molar-refractivity contribution is -0.0432. The summed E-state index contributed by atoms with van der Waals surface area (Å²) in [5.74, 6) is 1.63. The molecule has 0 spiro atoms. The van der Waals surface area contributed by atoms with Crippen molar-refractivity contribution in [2.75, 3.05) is 120 Å². The van der Waals surface area contributed by atoms with Gasteiger partial charge in [0.25, 0.3) is 0 Å². The van der Waals surface area contributed by atoms with Crippen LogP contribution in [0.4, 0.5) is 0 Å². The van der Waals surface area contributed by atoms with Crippen LogP contribution in [-0.2, 0) is 33.2 Å². The fourth-order valence-corrected chi connectivity index (χ4v) is 4.27. The highest BCUT2D eigenvalue weighted by Gasteiger charge is 1.98. The first kappa shape index (κ1) is 40.8. The molecule has 0 bridgehead atoms. The van der Waals surface area contributed by atoms with E-state index < -0.39 is 0 Å². The third kappa shape index (κ3) is 20.2. The summed E-state index contributed by atoms with van der Waals surface area (Å²) in [4.78, 5) is 0. The van der Waals surface area contributed by atoms with Crippen molar-refractivity contribution in [2.45, 2.75) is 0 Å². The van der Waals surface area contributed by atoms with Gasteiger partial charge in [0.2, 0.25) is 0 Å². The molecule has 0 saturated heterocycles. The van der Waals surface area contributed by atoms with Crippen LogP contribution in [0.3, 0.4) is 0 Å². The molecule has 10 heteroatoms. The van der Waals surface area contributed by atoms with Crippen molar-refractivity contribution in [2.24, 2.45) is 0 Å². The van der Waals surface area contributed by atoms with Gasteiger partial charge in [0, 0.05) is 7.11 Å². The molecule has 3 aromatic carbocycles. The minimum atomic E-state index is 0.484. The van der Waals surface area contributed by atoms with Crippen LogP contribution >= 0.6 is 0 Å². The maximum atomic E-state index is 5.78. The molecule has 0 aliphatic heterocycles. The third-order valence-electron chi connectivity index (χ3n) is 7.00. The van der Waals surface area contributed by atoms with Crippen molar-refractivity contribution in [3.05, 3.63) is 95.1 Å². The molecule has 10 nitrogen and oxygen atoms in total. The molecule has 0 radical (unpaired) electrons. The lowest BCUT2D eigenvalue weighted by Gasteiger charge is -2.08. The molecule has 3 rings (SSSR count). The maximum absolute atomic E-state index is 5.78. The normalized spacial score (nSPS) is 11.6. The Bertz CT molecular complexity index is 1180. The number of hydrogen-bond acceptors (Lipinski definition) is 9. The number of methoxy groups -OCH3 is 1. The lowest BCUT2D eigenvalue weighted by Crippen LogP contribution is -2.13. The second-order valence-corrected chi connectivity index (χ2v) is 10.9. The molecule has 0 aliphatic carbocycles. The van der Waals surface area contributed by atoms with E-state index in [-0.39, 0.29) is 0 Å². The van der Waals surface area contributed by atoms with Crippen LogP contribution in [0.25, 0.3) is 24.3 Å². The molecule has 3 aromatic rings. The molecule has 0 aliphatic rings. The Morgan fingerprint density at radius 3 is 0.980 bits per heavy atom. The fraction of sp³-hybridized carbons (Fsp3) is 0.450. The van der Waals surface area contributed by atoms with Crippen molar-refractivity contribution in [1.82, 2.24) is 0 Å². The molecule has 0 atom stereocenters. The van der Waals surface area contributed by atoms with E-state index >= 15 is 0 Å². The van der Waals surface area contributed by atoms with Gasteiger partial charge in [-0.3, -0.25) is 0 Å². The summed E-state index contributed by atoms with van der Waals surface area (Å²) < 4.78 is 53.2. The van der Waals surface area contributed by atoms with E-state index in [1.54, 1.807) is 14.2 Å².